The van der Waals surface area contributed by atoms with Gasteiger partial charge in [-0.3, -0.25) is 4.79 Å². The van der Waals surface area contributed by atoms with Gasteiger partial charge in [-0.15, -0.1) is 0 Å². The van der Waals surface area contributed by atoms with Crippen molar-refractivity contribution in [3.8, 4) is 0 Å². The summed E-state index contributed by atoms with van der Waals surface area (Å²) in [5.74, 6) is -0.344. The Morgan fingerprint density at radius 1 is 1.10 bits per heavy atom. The average Bonchev–Trinajstić information content (AvgIpc) is 2.53. The van der Waals surface area contributed by atoms with Crippen LogP contribution in [0.15, 0.2) is 0 Å². The zero-order valence-electron chi connectivity index (χ0n) is 12.5. The molecule has 122 valence electrons. The third kappa shape index (κ3) is 4.15. The van der Waals surface area contributed by atoms with Crippen LogP contribution in [0.3, 0.4) is 0 Å². The molecule has 0 aromatic rings. The Morgan fingerprint density at radius 2 is 1.76 bits per heavy atom. The van der Waals surface area contributed by atoms with Crippen molar-refractivity contribution in [2.45, 2.75) is 32.1 Å². The molecule has 0 aliphatic carbocycles. The first kappa shape index (κ1) is 16.7. The molecule has 1 amide bonds. The van der Waals surface area contributed by atoms with Gasteiger partial charge in [0.15, 0.2) is 0 Å². The van der Waals surface area contributed by atoms with E-state index in [1.807, 2.05) is 0 Å². The number of nitrogens with two attached hydrogens (primary N) is 1. The minimum atomic E-state index is -3.41. The lowest BCUT2D eigenvalue weighted by Gasteiger charge is -2.36. The van der Waals surface area contributed by atoms with Crippen LogP contribution in [0.5, 0.6) is 0 Å². The molecular formula is C13H26N4O3S. The molecule has 0 saturated carbocycles. The first-order valence-corrected chi connectivity index (χ1v) is 9.18. The zero-order valence-corrected chi connectivity index (χ0v) is 13.3. The van der Waals surface area contributed by atoms with Crippen molar-refractivity contribution >= 4 is 16.1 Å². The Labute approximate surface area is 127 Å². The summed E-state index contributed by atoms with van der Waals surface area (Å²) in [5, 5.41) is 2.75. The second kappa shape index (κ2) is 7.53. The normalized spacial score (nSPS) is 25.7. The van der Waals surface area contributed by atoms with Gasteiger partial charge in [-0.25, -0.2) is 0 Å². The maximum atomic E-state index is 12.6. The molecule has 0 aromatic carbocycles. The number of hydrogen-bond acceptors (Lipinski definition) is 4. The summed E-state index contributed by atoms with van der Waals surface area (Å²) in [7, 11) is -3.41. The third-order valence-corrected chi connectivity index (χ3v) is 6.17. The second-order valence-electron chi connectivity index (χ2n) is 5.74. The Bertz CT molecular complexity index is 448. The van der Waals surface area contributed by atoms with Gasteiger partial charge in [0.25, 0.3) is 10.2 Å². The molecule has 2 rings (SSSR count). The van der Waals surface area contributed by atoms with Crippen LogP contribution in [0.4, 0.5) is 0 Å². The van der Waals surface area contributed by atoms with Crippen LogP contribution < -0.4 is 11.1 Å². The number of amides is 1. The molecule has 2 heterocycles. The molecule has 0 bridgehead atoms. The third-order valence-electron chi connectivity index (χ3n) is 4.17. The minimum absolute atomic E-state index is 0.0843. The minimum Gasteiger partial charge on any atom is -0.355 e. The summed E-state index contributed by atoms with van der Waals surface area (Å²) < 4.78 is 28.3. The van der Waals surface area contributed by atoms with Gasteiger partial charge in [0.2, 0.25) is 5.91 Å². The molecule has 2 aliphatic heterocycles. The fraction of sp³-hybridized carbons (Fsp3) is 0.923. The van der Waals surface area contributed by atoms with Crippen LogP contribution in [0.2, 0.25) is 0 Å². The van der Waals surface area contributed by atoms with E-state index in [4.69, 9.17) is 5.73 Å². The van der Waals surface area contributed by atoms with Crippen LogP contribution >= 0.6 is 0 Å². The van der Waals surface area contributed by atoms with E-state index in [9.17, 15) is 13.2 Å². The van der Waals surface area contributed by atoms with E-state index in [-0.39, 0.29) is 18.4 Å². The fourth-order valence-corrected chi connectivity index (χ4v) is 4.74. The van der Waals surface area contributed by atoms with E-state index in [1.54, 1.807) is 4.31 Å². The van der Waals surface area contributed by atoms with Gasteiger partial charge in [-0.2, -0.15) is 17.0 Å². The Balaban J connectivity index is 1.97. The van der Waals surface area contributed by atoms with Gasteiger partial charge in [0.1, 0.15) is 0 Å². The Morgan fingerprint density at radius 3 is 2.43 bits per heavy atom. The highest BCUT2D eigenvalue weighted by atomic mass is 32.2. The van der Waals surface area contributed by atoms with Crippen molar-refractivity contribution in [2.24, 2.45) is 11.7 Å². The van der Waals surface area contributed by atoms with Crippen LogP contribution in [0, 0.1) is 5.92 Å². The summed E-state index contributed by atoms with van der Waals surface area (Å²) in [5.41, 5.74) is 5.37. The Hall–Kier alpha value is -0.700. The number of piperidine rings is 2. The maximum Gasteiger partial charge on any atom is 0.281 e. The first-order chi connectivity index (χ1) is 10.1. The van der Waals surface area contributed by atoms with Gasteiger partial charge >= 0.3 is 0 Å². The quantitative estimate of drug-likeness (QED) is 0.714. The highest BCUT2D eigenvalue weighted by Crippen LogP contribution is 2.23. The lowest BCUT2D eigenvalue weighted by Crippen LogP contribution is -2.51. The van der Waals surface area contributed by atoms with E-state index in [0.29, 0.717) is 32.7 Å². The van der Waals surface area contributed by atoms with Crippen LogP contribution in [0.25, 0.3) is 0 Å². The molecule has 0 aromatic heterocycles. The van der Waals surface area contributed by atoms with Crippen molar-refractivity contribution < 1.29 is 13.2 Å². The van der Waals surface area contributed by atoms with Gasteiger partial charge in [0.05, 0.1) is 5.92 Å². The van der Waals surface area contributed by atoms with Gasteiger partial charge < -0.3 is 11.1 Å². The van der Waals surface area contributed by atoms with E-state index < -0.39 is 10.2 Å². The number of rotatable bonds is 5. The van der Waals surface area contributed by atoms with E-state index >= 15 is 0 Å². The van der Waals surface area contributed by atoms with E-state index in [1.165, 1.54) is 4.31 Å². The fourth-order valence-electron chi connectivity index (χ4n) is 2.96. The molecule has 1 unspecified atom stereocenters. The van der Waals surface area contributed by atoms with Crippen molar-refractivity contribution in [3.05, 3.63) is 0 Å². The molecule has 2 fully saturated rings. The number of carbonyl (C=O) groups excluding carboxylic acids is 1. The average molecular weight is 318 g/mol. The standard InChI is InChI=1S/C13H26N4O3S/c14-6-7-15-13(18)12-5-4-10-17(11-12)21(19,20)16-8-2-1-3-9-16/h12H,1-11,14H2,(H,15,18). The number of nitrogens with zero attached hydrogens (tertiary/aromatic N) is 2. The number of hydrogen-bond donors (Lipinski definition) is 2. The monoisotopic (exact) mass is 318 g/mol. The number of nitrogens with one attached hydrogen (secondary N) is 1. The summed E-state index contributed by atoms with van der Waals surface area (Å²) in [6.45, 7) is 2.84. The van der Waals surface area contributed by atoms with Crippen molar-refractivity contribution in [1.29, 1.82) is 0 Å². The Kier molecular flexibility index (Phi) is 5.98. The predicted molar refractivity (Wildman–Crippen MR) is 80.7 cm³/mol. The molecule has 21 heavy (non-hydrogen) atoms. The summed E-state index contributed by atoms with van der Waals surface area (Å²) in [6.07, 6.45) is 4.41. The SMILES string of the molecule is NCCNC(=O)C1CCCN(S(=O)(=O)N2CCCCC2)C1. The highest BCUT2D eigenvalue weighted by Gasteiger charge is 2.36. The maximum absolute atomic E-state index is 12.6. The molecule has 2 saturated heterocycles. The van der Waals surface area contributed by atoms with Gasteiger partial charge in [0, 0.05) is 39.3 Å². The molecule has 0 radical (unpaired) electrons. The largest absolute Gasteiger partial charge is 0.355 e. The smallest absolute Gasteiger partial charge is 0.281 e. The first-order valence-electron chi connectivity index (χ1n) is 7.78. The lowest BCUT2D eigenvalue weighted by molar-refractivity contribution is -0.126. The van der Waals surface area contributed by atoms with Crippen molar-refractivity contribution in [1.82, 2.24) is 13.9 Å². The lowest BCUT2D eigenvalue weighted by atomic mass is 9.99. The summed E-state index contributed by atoms with van der Waals surface area (Å²) >= 11 is 0. The van der Waals surface area contributed by atoms with Crippen LogP contribution in [0.1, 0.15) is 32.1 Å². The van der Waals surface area contributed by atoms with Crippen LogP contribution in [-0.2, 0) is 15.0 Å². The van der Waals surface area contributed by atoms with E-state index in [2.05, 4.69) is 5.32 Å². The number of carbonyl (C=O) groups is 1. The molecule has 7 nitrogen and oxygen atoms in total. The van der Waals surface area contributed by atoms with E-state index in [0.717, 1.165) is 32.1 Å². The molecule has 3 N–H and O–H groups in total. The zero-order chi connectivity index (χ0) is 15.3. The predicted octanol–water partition coefficient (Wildman–Crippen LogP) is -0.496. The molecular weight excluding hydrogens is 292 g/mol. The molecule has 0 spiro atoms. The van der Waals surface area contributed by atoms with Crippen molar-refractivity contribution in [3.63, 3.8) is 0 Å². The molecule has 2 aliphatic rings. The van der Waals surface area contributed by atoms with Crippen molar-refractivity contribution in [2.75, 3.05) is 39.3 Å². The van der Waals surface area contributed by atoms with Crippen LogP contribution in [-0.4, -0.2) is 62.2 Å². The summed E-state index contributed by atoms with van der Waals surface area (Å²) in [4.78, 5) is 12.0. The topological polar surface area (TPSA) is 95.7 Å². The molecule has 8 heteroatoms. The highest BCUT2D eigenvalue weighted by molar-refractivity contribution is 7.86. The van der Waals surface area contributed by atoms with Gasteiger partial charge in [-0.05, 0) is 25.7 Å². The summed E-state index contributed by atoms with van der Waals surface area (Å²) in [6, 6.07) is 0. The van der Waals surface area contributed by atoms with Gasteiger partial charge in [-0.1, -0.05) is 6.42 Å². The molecule has 1 atom stereocenters. The second-order valence-corrected chi connectivity index (χ2v) is 7.67.